The molecule has 0 aliphatic rings. The van der Waals surface area contributed by atoms with Crippen molar-refractivity contribution < 1.29 is 0 Å². The third-order valence-corrected chi connectivity index (χ3v) is 12.6. The highest BCUT2D eigenvalue weighted by Crippen LogP contribution is 2.42. The van der Waals surface area contributed by atoms with E-state index in [9.17, 15) is 0 Å². The van der Waals surface area contributed by atoms with Crippen molar-refractivity contribution in [3.8, 4) is 51.0 Å². The molecule has 0 amide bonds. The highest BCUT2D eigenvalue weighted by atomic mass is 15.2. The lowest BCUT2D eigenvalue weighted by atomic mass is 10.0. The second-order valence-electron chi connectivity index (χ2n) is 16.2. The zero-order valence-corrected chi connectivity index (χ0v) is 34.1. The molecule has 0 aliphatic carbocycles. The molecule has 0 atom stereocenters. The van der Waals surface area contributed by atoms with Crippen molar-refractivity contribution in [2.45, 2.75) is 0 Å². The molecule has 0 N–H and O–H groups in total. The molecule has 0 spiro atoms. The van der Waals surface area contributed by atoms with Gasteiger partial charge in [0.25, 0.3) is 0 Å². The van der Waals surface area contributed by atoms with Crippen molar-refractivity contribution in [1.29, 1.82) is 0 Å². The van der Waals surface area contributed by atoms with Gasteiger partial charge < -0.3 is 9.13 Å². The maximum Gasteiger partial charge on any atom is 0.235 e. The summed E-state index contributed by atoms with van der Waals surface area (Å²) in [5, 5.41) is 7.10. The maximum absolute atomic E-state index is 5.38. The van der Waals surface area contributed by atoms with E-state index in [2.05, 4.69) is 226 Å². The van der Waals surface area contributed by atoms with Crippen LogP contribution in [0.15, 0.2) is 224 Å². The van der Waals surface area contributed by atoms with Gasteiger partial charge in [-0.15, -0.1) is 0 Å². The predicted molar refractivity (Wildman–Crippen MR) is 261 cm³/mol. The molecule has 5 heteroatoms. The van der Waals surface area contributed by atoms with E-state index in [0.717, 1.165) is 72.3 Å². The summed E-state index contributed by atoms with van der Waals surface area (Å²) in [5.41, 5.74) is 15.2. The van der Waals surface area contributed by atoms with E-state index in [1.807, 2.05) is 12.1 Å². The van der Waals surface area contributed by atoms with Crippen LogP contribution >= 0.6 is 0 Å². The Kier molecular flexibility index (Phi) is 7.84. The molecule has 63 heavy (non-hydrogen) atoms. The minimum Gasteiger partial charge on any atom is -0.309 e. The first-order valence-corrected chi connectivity index (χ1v) is 21.4. The first-order chi connectivity index (χ1) is 31.2. The first kappa shape index (κ1) is 35.2. The third kappa shape index (κ3) is 5.57. The Labute approximate surface area is 363 Å². The lowest BCUT2D eigenvalue weighted by Crippen LogP contribution is -2.04. The predicted octanol–water partition coefficient (Wildman–Crippen LogP) is 14.8. The molecular weight excluding hydrogens is 767 g/mol. The Balaban J connectivity index is 1.10. The van der Waals surface area contributed by atoms with Crippen LogP contribution in [0.3, 0.4) is 0 Å². The zero-order valence-electron chi connectivity index (χ0n) is 34.1. The normalized spacial score (nSPS) is 11.8. The molecule has 0 unspecified atom stereocenters. The molecule has 0 fully saturated rings. The van der Waals surface area contributed by atoms with Crippen molar-refractivity contribution in [2.24, 2.45) is 0 Å². The Morgan fingerprint density at radius 2 is 0.603 bits per heavy atom. The van der Waals surface area contributed by atoms with Crippen LogP contribution in [0.25, 0.3) is 116 Å². The van der Waals surface area contributed by atoms with E-state index >= 15 is 0 Å². The van der Waals surface area contributed by atoms with Crippen LogP contribution in [0.5, 0.6) is 0 Å². The van der Waals surface area contributed by atoms with Crippen molar-refractivity contribution in [1.82, 2.24) is 23.7 Å². The SMILES string of the molecule is c1ccc(-c2cc(-c3ccccc3)nc(-n3c4ccc(-c5ccc6c(c5)c5ccccc5n6-c5ccccc5)cc4c4cc5c(cc43)c3ccccc3n5-c3ccccc3)n2)cc1. The highest BCUT2D eigenvalue weighted by molar-refractivity contribution is 6.19. The molecule has 0 saturated carbocycles. The Bertz CT molecular complexity index is 3820. The smallest absolute Gasteiger partial charge is 0.235 e. The lowest BCUT2D eigenvalue weighted by molar-refractivity contribution is 0.996. The van der Waals surface area contributed by atoms with E-state index < -0.39 is 0 Å². The van der Waals surface area contributed by atoms with E-state index in [-0.39, 0.29) is 0 Å². The summed E-state index contributed by atoms with van der Waals surface area (Å²) in [6.07, 6.45) is 0. The van der Waals surface area contributed by atoms with Gasteiger partial charge in [-0.05, 0) is 90.0 Å². The minimum absolute atomic E-state index is 0.629. The average Bonchev–Trinajstić information content (AvgIpc) is 3.99. The standard InChI is InChI=1S/C58H37N5/c1-5-17-38(18-6-1)50-37-51(39-19-7-2-8-20-39)60-58(59-50)63-55-32-30-41(40-29-31-54-46(33-40)44-25-13-15-27-52(44)61(54)42-21-9-3-10-22-42)34-47(55)49-36-56-48(35-57(49)63)45-26-14-16-28-53(45)62(56)43-23-11-4-12-24-43/h1-37H. The number of rotatable bonds is 6. The van der Waals surface area contributed by atoms with Crippen LogP contribution in [-0.2, 0) is 0 Å². The summed E-state index contributed by atoms with van der Waals surface area (Å²) in [6.45, 7) is 0. The number of para-hydroxylation sites is 4. The molecule has 0 radical (unpaired) electrons. The number of hydrogen-bond donors (Lipinski definition) is 0. The van der Waals surface area contributed by atoms with Gasteiger partial charge in [0, 0.05) is 54.8 Å². The fourth-order valence-electron chi connectivity index (χ4n) is 9.79. The van der Waals surface area contributed by atoms with Crippen molar-refractivity contribution in [3.05, 3.63) is 224 Å². The zero-order chi connectivity index (χ0) is 41.4. The van der Waals surface area contributed by atoms with Crippen molar-refractivity contribution in [3.63, 3.8) is 0 Å². The number of benzene rings is 9. The molecule has 0 saturated heterocycles. The molecule has 294 valence electrons. The molecular formula is C58H37N5. The lowest BCUT2D eigenvalue weighted by Gasteiger charge is -2.12. The van der Waals surface area contributed by atoms with Gasteiger partial charge >= 0.3 is 0 Å². The number of fused-ring (bicyclic) bond motifs is 9. The van der Waals surface area contributed by atoms with Gasteiger partial charge in [-0.2, -0.15) is 0 Å². The van der Waals surface area contributed by atoms with Gasteiger partial charge in [0.15, 0.2) is 0 Å². The van der Waals surface area contributed by atoms with E-state index in [4.69, 9.17) is 9.97 Å². The first-order valence-electron chi connectivity index (χ1n) is 21.4. The number of nitrogens with zero attached hydrogens (tertiary/aromatic N) is 5. The van der Waals surface area contributed by atoms with Crippen LogP contribution in [0.4, 0.5) is 0 Å². The Morgan fingerprint density at radius 1 is 0.238 bits per heavy atom. The molecule has 9 aromatic carbocycles. The van der Waals surface area contributed by atoms with Crippen LogP contribution in [0, 0.1) is 0 Å². The Hall–Kier alpha value is -8.54. The number of hydrogen-bond acceptors (Lipinski definition) is 2. The van der Waals surface area contributed by atoms with Gasteiger partial charge in [0.2, 0.25) is 5.95 Å². The summed E-state index contributed by atoms with van der Waals surface area (Å²) in [4.78, 5) is 10.8. The largest absolute Gasteiger partial charge is 0.309 e. The molecule has 13 rings (SSSR count). The topological polar surface area (TPSA) is 40.6 Å². The third-order valence-electron chi connectivity index (χ3n) is 12.6. The summed E-state index contributed by atoms with van der Waals surface area (Å²) in [6, 6.07) is 80.3. The Morgan fingerprint density at radius 3 is 1.13 bits per heavy atom. The summed E-state index contributed by atoms with van der Waals surface area (Å²) in [7, 11) is 0. The van der Waals surface area contributed by atoms with Gasteiger partial charge in [-0.3, -0.25) is 4.57 Å². The highest BCUT2D eigenvalue weighted by Gasteiger charge is 2.22. The van der Waals surface area contributed by atoms with E-state index in [1.165, 1.54) is 38.1 Å². The van der Waals surface area contributed by atoms with Crippen LogP contribution in [-0.4, -0.2) is 23.7 Å². The summed E-state index contributed by atoms with van der Waals surface area (Å²) < 4.78 is 7.04. The molecule has 0 bridgehead atoms. The van der Waals surface area contributed by atoms with Crippen LogP contribution < -0.4 is 0 Å². The maximum atomic E-state index is 5.38. The van der Waals surface area contributed by atoms with E-state index in [1.54, 1.807) is 0 Å². The monoisotopic (exact) mass is 803 g/mol. The van der Waals surface area contributed by atoms with Crippen molar-refractivity contribution >= 4 is 65.4 Å². The fraction of sp³-hybridized carbons (Fsp3) is 0. The molecule has 13 aromatic rings. The van der Waals surface area contributed by atoms with Crippen LogP contribution in [0.2, 0.25) is 0 Å². The number of aromatic nitrogens is 5. The average molecular weight is 804 g/mol. The second-order valence-corrected chi connectivity index (χ2v) is 16.2. The van der Waals surface area contributed by atoms with Gasteiger partial charge in [0.05, 0.1) is 44.5 Å². The van der Waals surface area contributed by atoms with E-state index in [0.29, 0.717) is 5.95 Å². The van der Waals surface area contributed by atoms with Crippen LogP contribution in [0.1, 0.15) is 0 Å². The van der Waals surface area contributed by atoms with Gasteiger partial charge in [-0.1, -0.05) is 146 Å². The second kappa shape index (κ2) is 14.0. The van der Waals surface area contributed by atoms with Crippen molar-refractivity contribution in [2.75, 3.05) is 0 Å². The molecule has 5 nitrogen and oxygen atoms in total. The molecule has 0 aliphatic heterocycles. The fourth-order valence-corrected chi connectivity index (χ4v) is 9.79. The summed E-state index contributed by atoms with van der Waals surface area (Å²) in [5.74, 6) is 0.629. The molecule has 4 heterocycles. The molecule has 4 aromatic heterocycles. The van der Waals surface area contributed by atoms with Gasteiger partial charge in [-0.25, -0.2) is 9.97 Å². The quantitative estimate of drug-likeness (QED) is 0.168. The summed E-state index contributed by atoms with van der Waals surface area (Å²) >= 11 is 0. The minimum atomic E-state index is 0.629. The van der Waals surface area contributed by atoms with Gasteiger partial charge in [0.1, 0.15) is 0 Å².